The second-order valence-electron chi connectivity index (χ2n) is 6.53. The largest absolute Gasteiger partial charge is 0.298 e. The maximum Gasteiger partial charge on any atom is 0.242 e. The van der Waals surface area contributed by atoms with Crippen molar-refractivity contribution in [1.82, 2.24) is 40.0 Å². The van der Waals surface area contributed by atoms with Crippen molar-refractivity contribution in [2.75, 3.05) is 0 Å². The predicted molar refractivity (Wildman–Crippen MR) is 106 cm³/mol. The summed E-state index contributed by atoms with van der Waals surface area (Å²) >= 11 is 6.01. The molecule has 29 heavy (non-hydrogen) atoms. The van der Waals surface area contributed by atoms with Crippen LogP contribution in [0.5, 0.6) is 0 Å². The Hall–Kier alpha value is -3.51. The van der Waals surface area contributed by atoms with E-state index in [1.54, 1.807) is 6.07 Å². The van der Waals surface area contributed by atoms with E-state index in [1.807, 2.05) is 39.6 Å². The van der Waals surface area contributed by atoms with E-state index in [-0.39, 0.29) is 5.28 Å². The maximum absolute atomic E-state index is 9.48. The number of rotatable bonds is 7. The lowest BCUT2D eigenvalue weighted by Crippen LogP contribution is -2.07. The van der Waals surface area contributed by atoms with Crippen molar-refractivity contribution in [3.8, 4) is 23.3 Å². The minimum absolute atomic E-state index is 0.268. The van der Waals surface area contributed by atoms with Crippen molar-refractivity contribution in [1.29, 1.82) is 5.26 Å². The van der Waals surface area contributed by atoms with E-state index in [0.717, 1.165) is 36.3 Å². The molecular weight excluding hydrogens is 390 g/mol. The number of nitrogens with one attached hydrogen (secondary N) is 1. The lowest BCUT2D eigenvalue weighted by molar-refractivity contribution is 0.618. The lowest BCUT2D eigenvalue weighted by atomic mass is 10.2. The number of unbranched alkanes of at least 4 members (excludes halogenated alkanes) is 1. The third-order valence-corrected chi connectivity index (χ3v) is 4.75. The maximum atomic E-state index is 9.48. The fraction of sp³-hybridized carbons (Fsp3) is 0.263. The molecule has 0 bridgehead atoms. The zero-order valence-corrected chi connectivity index (χ0v) is 16.5. The number of nitriles is 1. The summed E-state index contributed by atoms with van der Waals surface area (Å²) in [5.74, 6) is 1.38. The van der Waals surface area contributed by atoms with Crippen LogP contribution in [0.2, 0.25) is 5.28 Å². The summed E-state index contributed by atoms with van der Waals surface area (Å²) in [5, 5.41) is 28.0. The number of benzene rings is 1. The molecular formula is C19H18ClN9. The van der Waals surface area contributed by atoms with Crippen LogP contribution in [-0.4, -0.2) is 40.0 Å². The fourth-order valence-electron chi connectivity index (χ4n) is 3.17. The minimum Gasteiger partial charge on any atom is -0.298 e. The third-order valence-electron chi connectivity index (χ3n) is 4.59. The second-order valence-corrected chi connectivity index (χ2v) is 6.86. The Morgan fingerprint density at radius 3 is 2.69 bits per heavy atom. The van der Waals surface area contributed by atoms with E-state index in [2.05, 4.69) is 43.7 Å². The Bertz CT molecular complexity index is 1130. The van der Waals surface area contributed by atoms with Gasteiger partial charge in [-0.15, -0.1) is 10.2 Å². The highest BCUT2D eigenvalue weighted by Gasteiger charge is 2.15. The Morgan fingerprint density at radius 1 is 1.17 bits per heavy atom. The molecule has 0 fully saturated rings. The standard InChI is InChI=1S/C19H18ClN9/c1-2-3-4-17-22-19(20)25-28(17)12-13-5-7-14(8-6-13)29-15(11-21)9-10-16(29)18-23-26-27-24-18/h5-10H,2-4,12H2,1H3,(H,23,24,26,27). The van der Waals surface area contributed by atoms with Gasteiger partial charge in [-0.2, -0.15) is 5.26 Å². The van der Waals surface area contributed by atoms with Crippen LogP contribution in [0.25, 0.3) is 17.2 Å². The molecule has 4 rings (SSSR count). The normalized spacial score (nSPS) is 10.9. The van der Waals surface area contributed by atoms with Gasteiger partial charge in [0.05, 0.1) is 12.2 Å². The molecule has 0 saturated carbocycles. The Balaban J connectivity index is 1.62. The van der Waals surface area contributed by atoms with Gasteiger partial charge in [0.25, 0.3) is 0 Å². The number of hydrogen-bond donors (Lipinski definition) is 1. The molecule has 0 aliphatic carbocycles. The number of nitrogens with zero attached hydrogens (tertiary/aromatic N) is 8. The zero-order valence-electron chi connectivity index (χ0n) is 15.7. The highest BCUT2D eigenvalue weighted by atomic mass is 35.5. The van der Waals surface area contributed by atoms with Crippen LogP contribution in [-0.2, 0) is 13.0 Å². The monoisotopic (exact) mass is 407 g/mol. The van der Waals surface area contributed by atoms with E-state index in [0.29, 0.717) is 23.8 Å². The van der Waals surface area contributed by atoms with Gasteiger partial charge >= 0.3 is 0 Å². The van der Waals surface area contributed by atoms with E-state index in [4.69, 9.17) is 11.6 Å². The molecule has 0 spiro atoms. The Kier molecular flexibility index (Phi) is 5.35. The Morgan fingerprint density at radius 2 is 2.00 bits per heavy atom. The van der Waals surface area contributed by atoms with Gasteiger partial charge in [0.15, 0.2) is 5.82 Å². The number of tetrazole rings is 1. The lowest BCUT2D eigenvalue weighted by Gasteiger charge is -2.11. The molecule has 3 aromatic heterocycles. The highest BCUT2D eigenvalue weighted by Crippen LogP contribution is 2.24. The van der Waals surface area contributed by atoms with Crippen molar-refractivity contribution in [3.05, 3.63) is 58.8 Å². The summed E-state index contributed by atoms with van der Waals surface area (Å²) in [6.45, 7) is 2.72. The summed E-state index contributed by atoms with van der Waals surface area (Å²) in [4.78, 5) is 4.32. The smallest absolute Gasteiger partial charge is 0.242 e. The third kappa shape index (κ3) is 3.88. The molecule has 0 aliphatic heterocycles. The molecule has 1 aromatic carbocycles. The summed E-state index contributed by atoms with van der Waals surface area (Å²) in [5.41, 5.74) is 3.10. The number of aryl methyl sites for hydroxylation is 1. The van der Waals surface area contributed by atoms with Crippen LogP contribution in [0.15, 0.2) is 36.4 Å². The quantitative estimate of drug-likeness (QED) is 0.503. The number of hydrogen-bond acceptors (Lipinski definition) is 6. The predicted octanol–water partition coefficient (Wildman–Crippen LogP) is 3.16. The van der Waals surface area contributed by atoms with Gasteiger partial charge in [0.2, 0.25) is 5.28 Å². The van der Waals surface area contributed by atoms with Gasteiger partial charge in [-0.25, -0.2) is 14.8 Å². The summed E-state index contributed by atoms with van der Waals surface area (Å²) in [6, 6.07) is 13.7. The van der Waals surface area contributed by atoms with Gasteiger partial charge in [0, 0.05) is 12.1 Å². The fourth-order valence-corrected chi connectivity index (χ4v) is 3.36. The molecule has 0 atom stereocenters. The zero-order chi connectivity index (χ0) is 20.2. The molecule has 0 unspecified atom stereocenters. The molecule has 1 N–H and O–H groups in total. The van der Waals surface area contributed by atoms with Crippen molar-refractivity contribution < 1.29 is 0 Å². The van der Waals surface area contributed by atoms with Gasteiger partial charge in [0.1, 0.15) is 17.6 Å². The number of halogens is 1. The Labute approximate surface area is 172 Å². The van der Waals surface area contributed by atoms with Crippen LogP contribution < -0.4 is 0 Å². The molecule has 0 radical (unpaired) electrons. The van der Waals surface area contributed by atoms with Crippen LogP contribution in [0.1, 0.15) is 36.8 Å². The van der Waals surface area contributed by atoms with E-state index >= 15 is 0 Å². The van der Waals surface area contributed by atoms with Gasteiger partial charge in [-0.1, -0.05) is 25.5 Å². The molecule has 10 heteroatoms. The van der Waals surface area contributed by atoms with Crippen LogP contribution >= 0.6 is 11.6 Å². The van der Waals surface area contributed by atoms with E-state index in [9.17, 15) is 5.26 Å². The van der Waals surface area contributed by atoms with Crippen molar-refractivity contribution in [3.63, 3.8) is 0 Å². The van der Waals surface area contributed by atoms with E-state index in [1.165, 1.54) is 0 Å². The average molecular weight is 408 g/mol. The first kappa shape index (κ1) is 18.8. The van der Waals surface area contributed by atoms with Gasteiger partial charge in [-0.05, 0) is 58.3 Å². The minimum atomic E-state index is 0.268. The molecule has 4 aromatic rings. The van der Waals surface area contributed by atoms with Gasteiger partial charge < -0.3 is 0 Å². The van der Waals surface area contributed by atoms with Crippen molar-refractivity contribution in [2.24, 2.45) is 0 Å². The van der Waals surface area contributed by atoms with Crippen molar-refractivity contribution in [2.45, 2.75) is 32.7 Å². The van der Waals surface area contributed by atoms with Crippen LogP contribution in [0, 0.1) is 11.3 Å². The summed E-state index contributed by atoms with van der Waals surface area (Å²) in [6.07, 6.45) is 2.97. The number of aromatic amines is 1. The first-order chi connectivity index (χ1) is 14.2. The second kappa shape index (κ2) is 8.24. The molecule has 0 aliphatic rings. The summed E-state index contributed by atoms with van der Waals surface area (Å²) in [7, 11) is 0. The molecule has 3 heterocycles. The van der Waals surface area contributed by atoms with Crippen LogP contribution in [0.3, 0.4) is 0 Å². The SMILES string of the molecule is CCCCc1nc(Cl)nn1Cc1ccc(-n2c(C#N)ccc2-c2nnn[nH]2)cc1. The summed E-state index contributed by atoms with van der Waals surface area (Å²) < 4.78 is 3.65. The highest BCUT2D eigenvalue weighted by molar-refractivity contribution is 6.28. The number of H-pyrrole nitrogens is 1. The number of aromatic nitrogens is 8. The molecule has 146 valence electrons. The van der Waals surface area contributed by atoms with Gasteiger partial charge in [-0.3, -0.25) is 4.57 Å². The topological polar surface area (TPSA) is 114 Å². The molecule has 9 nitrogen and oxygen atoms in total. The van der Waals surface area contributed by atoms with Crippen LogP contribution in [0.4, 0.5) is 0 Å². The van der Waals surface area contributed by atoms with Crippen molar-refractivity contribution >= 4 is 11.6 Å². The van der Waals surface area contributed by atoms with E-state index < -0.39 is 0 Å². The average Bonchev–Trinajstić information content (AvgIpc) is 3.46. The first-order valence-corrected chi connectivity index (χ1v) is 9.62. The first-order valence-electron chi connectivity index (χ1n) is 9.24. The molecule has 0 saturated heterocycles. The molecule has 0 amide bonds.